The molecule has 1 aliphatic rings. The van der Waals surface area contributed by atoms with Crippen molar-refractivity contribution < 1.29 is 0 Å². The van der Waals surface area contributed by atoms with Gasteiger partial charge in [0.1, 0.15) is 0 Å². The van der Waals surface area contributed by atoms with E-state index < -0.39 is 0 Å². The zero-order chi connectivity index (χ0) is 14.7. The SMILES string of the molecule is CCC1CCCC(Nc2nc(C)cn2-c2ccccc2)C1. The molecule has 1 fully saturated rings. The summed E-state index contributed by atoms with van der Waals surface area (Å²) in [5.41, 5.74) is 2.23. The minimum absolute atomic E-state index is 0.563. The van der Waals surface area contributed by atoms with E-state index in [0.717, 1.165) is 17.6 Å². The van der Waals surface area contributed by atoms with E-state index in [9.17, 15) is 0 Å². The molecule has 21 heavy (non-hydrogen) atoms. The highest BCUT2D eigenvalue weighted by atomic mass is 15.2. The van der Waals surface area contributed by atoms with Crippen molar-refractivity contribution in [1.82, 2.24) is 9.55 Å². The van der Waals surface area contributed by atoms with Crippen LogP contribution >= 0.6 is 0 Å². The molecule has 0 spiro atoms. The first-order valence-electron chi connectivity index (χ1n) is 8.14. The Labute approximate surface area is 127 Å². The van der Waals surface area contributed by atoms with Crippen LogP contribution in [0.4, 0.5) is 5.95 Å². The summed E-state index contributed by atoms with van der Waals surface area (Å²) in [6, 6.07) is 11.0. The minimum Gasteiger partial charge on any atom is -0.353 e. The highest BCUT2D eigenvalue weighted by Crippen LogP contribution is 2.29. The Morgan fingerprint density at radius 3 is 2.81 bits per heavy atom. The first-order valence-corrected chi connectivity index (χ1v) is 8.14. The van der Waals surface area contributed by atoms with Gasteiger partial charge in [-0.3, -0.25) is 4.57 Å². The van der Waals surface area contributed by atoms with E-state index in [1.807, 2.05) is 6.07 Å². The average molecular weight is 283 g/mol. The van der Waals surface area contributed by atoms with Crippen molar-refractivity contribution in [3.05, 3.63) is 42.2 Å². The Morgan fingerprint density at radius 2 is 2.05 bits per heavy atom. The maximum atomic E-state index is 4.68. The zero-order valence-electron chi connectivity index (χ0n) is 13.0. The van der Waals surface area contributed by atoms with Gasteiger partial charge in [0.25, 0.3) is 0 Å². The van der Waals surface area contributed by atoms with E-state index in [-0.39, 0.29) is 0 Å². The van der Waals surface area contributed by atoms with E-state index in [1.54, 1.807) is 0 Å². The van der Waals surface area contributed by atoms with Gasteiger partial charge in [0, 0.05) is 17.9 Å². The quantitative estimate of drug-likeness (QED) is 0.891. The summed E-state index contributed by atoms with van der Waals surface area (Å²) in [7, 11) is 0. The largest absolute Gasteiger partial charge is 0.353 e. The smallest absolute Gasteiger partial charge is 0.207 e. The van der Waals surface area contributed by atoms with Gasteiger partial charge >= 0.3 is 0 Å². The van der Waals surface area contributed by atoms with E-state index in [1.165, 1.54) is 37.8 Å². The fourth-order valence-corrected chi connectivity index (χ4v) is 3.36. The van der Waals surface area contributed by atoms with Crippen molar-refractivity contribution in [2.75, 3.05) is 5.32 Å². The van der Waals surface area contributed by atoms with Gasteiger partial charge < -0.3 is 5.32 Å². The lowest BCUT2D eigenvalue weighted by Crippen LogP contribution is -2.28. The number of para-hydroxylation sites is 1. The van der Waals surface area contributed by atoms with Crippen molar-refractivity contribution in [3.8, 4) is 5.69 Å². The monoisotopic (exact) mass is 283 g/mol. The highest BCUT2D eigenvalue weighted by molar-refractivity contribution is 5.43. The summed E-state index contributed by atoms with van der Waals surface area (Å²) < 4.78 is 2.17. The molecule has 0 radical (unpaired) electrons. The number of hydrogen-bond donors (Lipinski definition) is 1. The lowest BCUT2D eigenvalue weighted by atomic mass is 9.84. The molecule has 3 nitrogen and oxygen atoms in total. The molecule has 0 bridgehead atoms. The first-order chi connectivity index (χ1) is 10.3. The third-order valence-corrected chi connectivity index (χ3v) is 4.55. The lowest BCUT2D eigenvalue weighted by molar-refractivity contribution is 0.326. The van der Waals surface area contributed by atoms with Gasteiger partial charge in [-0.15, -0.1) is 0 Å². The van der Waals surface area contributed by atoms with Crippen molar-refractivity contribution in [3.63, 3.8) is 0 Å². The summed E-state index contributed by atoms with van der Waals surface area (Å²) in [6.45, 7) is 4.36. The number of rotatable bonds is 4. The maximum Gasteiger partial charge on any atom is 0.207 e. The van der Waals surface area contributed by atoms with Gasteiger partial charge in [-0.2, -0.15) is 0 Å². The number of anilines is 1. The molecule has 1 aromatic heterocycles. The summed E-state index contributed by atoms with van der Waals surface area (Å²) in [5.74, 6) is 1.86. The molecule has 1 aliphatic carbocycles. The number of hydrogen-bond acceptors (Lipinski definition) is 2. The fraction of sp³-hybridized carbons (Fsp3) is 0.500. The molecule has 2 unspecified atom stereocenters. The van der Waals surface area contributed by atoms with Crippen LogP contribution in [0.25, 0.3) is 5.69 Å². The van der Waals surface area contributed by atoms with Gasteiger partial charge in [0.2, 0.25) is 5.95 Å². The van der Waals surface area contributed by atoms with Gasteiger partial charge in [0.15, 0.2) is 0 Å². The van der Waals surface area contributed by atoms with E-state index in [4.69, 9.17) is 0 Å². The Kier molecular flexibility index (Phi) is 4.28. The molecule has 1 aromatic carbocycles. The Bertz CT molecular complexity index is 573. The number of aromatic nitrogens is 2. The predicted octanol–water partition coefficient (Wildman–Crippen LogP) is 4.56. The van der Waals surface area contributed by atoms with Crippen LogP contribution in [0.2, 0.25) is 0 Å². The molecule has 0 aliphatic heterocycles. The topological polar surface area (TPSA) is 29.9 Å². The van der Waals surface area contributed by atoms with Crippen LogP contribution in [0.15, 0.2) is 36.5 Å². The molecule has 0 saturated heterocycles. The molecule has 1 heterocycles. The third-order valence-electron chi connectivity index (χ3n) is 4.55. The molecular formula is C18H25N3. The normalized spacial score (nSPS) is 22.2. The lowest BCUT2D eigenvalue weighted by Gasteiger charge is -2.29. The zero-order valence-corrected chi connectivity index (χ0v) is 13.0. The van der Waals surface area contributed by atoms with E-state index in [0.29, 0.717) is 6.04 Å². The Balaban J connectivity index is 1.79. The van der Waals surface area contributed by atoms with E-state index in [2.05, 4.69) is 59.2 Å². The molecule has 1 N–H and O–H groups in total. The number of aryl methyl sites for hydroxylation is 1. The summed E-state index contributed by atoms with van der Waals surface area (Å²) in [5, 5.41) is 3.68. The summed E-state index contributed by atoms with van der Waals surface area (Å²) in [6.07, 6.45) is 8.67. The van der Waals surface area contributed by atoms with Crippen LogP contribution in [0, 0.1) is 12.8 Å². The molecule has 112 valence electrons. The number of nitrogens with zero attached hydrogens (tertiary/aromatic N) is 2. The Hall–Kier alpha value is -1.77. The van der Waals surface area contributed by atoms with Crippen molar-refractivity contribution in [1.29, 1.82) is 0 Å². The number of benzene rings is 1. The van der Waals surface area contributed by atoms with Crippen LogP contribution in [0.1, 0.15) is 44.7 Å². The molecule has 1 saturated carbocycles. The summed E-state index contributed by atoms with van der Waals surface area (Å²) in [4.78, 5) is 4.68. The van der Waals surface area contributed by atoms with Crippen LogP contribution in [-0.4, -0.2) is 15.6 Å². The molecular weight excluding hydrogens is 258 g/mol. The Morgan fingerprint density at radius 1 is 1.24 bits per heavy atom. The molecule has 3 rings (SSSR count). The van der Waals surface area contributed by atoms with Gasteiger partial charge in [-0.05, 0) is 37.8 Å². The fourth-order valence-electron chi connectivity index (χ4n) is 3.36. The second-order valence-electron chi connectivity index (χ2n) is 6.19. The first kappa shape index (κ1) is 14.2. The van der Waals surface area contributed by atoms with Gasteiger partial charge in [-0.1, -0.05) is 44.4 Å². The third kappa shape index (κ3) is 3.29. The van der Waals surface area contributed by atoms with Crippen molar-refractivity contribution >= 4 is 5.95 Å². The molecule has 2 aromatic rings. The van der Waals surface area contributed by atoms with Crippen molar-refractivity contribution in [2.24, 2.45) is 5.92 Å². The second-order valence-corrected chi connectivity index (χ2v) is 6.19. The predicted molar refractivity (Wildman–Crippen MR) is 88.0 cm³/mol. The number of nitrogens with one attached hydrogen (secondary N) is 1. The minimum atomic E-state index is 0.563. The molecule has 0 amide bonds. The standard InChI is InChI=1S/C18H25N3/c1-3-15-8-7-9-16(12-15)20-18-19-14(2)13-21(18)17-10-5-4-6-11-17/h4-6,10-11,13,15-16H,3,7-9,12H2,1-2H3,(H,19,20). The average Bonchev–Trinajstić information content (AvgIpc) is 2.89. The van der Waals surface area contributed by atoms with E-state index >= 15 is 0 Å². The van der Waals surface area contributed by atoms with Crippen LogP contribution in [0.3, 0.4) is 0 Å². The van der Waals surface area contributed by atoms with Crippen molar-refractivity contribution in [2.45, 2.75) is 52.0 Å². The van der Waals surface area contributed by atoms with Crippen LogP contribution in [-0.2, 0) is 0 Å². The molecule has 3 heteroatoms. The van der Waals surface area contributed by atoms with Crippen LogP contribution in [0.5, 0.6) is 0 Å². The van der Waals surface area contributed by atoms with Gasteiger partial charge in [-0.25, -0.2) is 4.98 Å². The van der Waals surface area contributed by atoms with Gasteiger partial charge in [0.05, 0.1) is 5.69 Å². The molecule has 2 atom stereocenters. The van der Waals surface area contributed by atoms with Crippen LogP contribution < -0.4 is 5.32 Å². The highest BCUT2D eigenvalue weighted by Gasteiger charge is 2.22. The number of imidazole rings is 1. The maximum absolute atomic E-state index is 4.68. The second kappa shape index (κ2) is 6.33. The summed E-state index contributed by atoms with van der Waals surface area (Å²) >= 11 is 0.